The van der Waals surface area contributed by atoms with Gasteiger partial charge in [-0.1, -0.05) is 36.4 Å². The fourth-order valence-electron chi connectivity index (χ4n) is 2.68. The number of nitrogens with one attached hydrogen (secondary N) is 1. The Kier molecular flexibility index (Phi) is 4.88. The molecule has 3 heteroatoms. The minimum Gasteiger partial charge on any atom is -0.383 e. The van der Waals surface area contributed by atoms with Gasteiger partial charge in [-0.25, -0.2) is 0 Å². The van der Waals surface area contributed by atoms with Crippen LogP contribution in [-0.2, 0) is 17.8 Å². The van der Waals surface area contributed by atoms with Crippen LogP contribution in [-0.4, -0.2) is 24.8 Å². The van der Waals surface area contributed by atoms with E-state index in [4.69, 9.17) is 4.74 Å². The van der Waals surface area contributed by atoms with Gasteiger partial charge in [-0.05, 0) is 34.7 Å². The second-order valence-electron chi connectivity index (χ2n) is 5.49. The summed E-state index contributed by atoms with van der Waals surface area (Å²) in [4.78, 5) is 0. The molecule has 0 bridgehead atoms. The molecule has 0 aliphatic carbocycles. The molecule has 0 saturated heterocycles. The number of nitrogens with zero attached hydrogens (tertiary/aromatic N) is 1. The van der Waals surface area contributed by atoms with E-state index < -0.39 is 0 Å². The number of ether oxygens (including phenoxy) is 1. The molecule has 1 aromatic heterocycles. The number of fused-ring (bicyclic) bond motifs is 1. The van der Waals surface area contributed by atoms with Gasteiger partial charge in [0.25, 0.3) is 0 Å². The molecule has 1 N–H and O–H groups in total. The van der Waals surface area contributed by atoms with Gasteiger partial charge in [-0.3, -0.25) is 0 Å². The SMILES string of the molecule is COCCNCc1ccc2c(ccn2Cc2ccccc2)c1. The molecule has 0 atom stereocenters. The van der Waals surface area contributed by atoms with Crippen LogP contribution >= 0.6 is 0 Å². The molecular formula is C19H22N2O. The lowest BCUT2D eigenvalue weighted by atomic mass is 10.1. The molecule has 0 amide bonds. The first-order valence-electron chi connectivity index (χ1n) is 7.68. The van der Waals surface area contributed by atoms with Crippen molar-refractivity contribution in [3.8, 4) is 0 Å². The predicted molar refractivity (Wildman–Crippen MR) is 91.1 cm³/mol. The third kappa shape index (κ3) is 3.56. The molecule has 3 nitrogen and oxygen atoms in total. The number of hydrogen-bond acceptors (Lipinski definition) is 2. The summed E-state index contributed by atoms with van der Waals surface area (Å²) in [7, 11) is 1.73. The number of methoxy groups -OCH3 is 1. The van der Waals surface area contributed by atoms with Crippen LogP contribution in [0.3, 0.4) is 0 Å². The number of rotatable bonds is 7. The first-order chi connectivity index (χ1) is 10.9. The zero-order valence-corrected chi connectivity index (χ0v) is 13.0. The highest BCUT2D eigenvalue weighted by Crippen LogP contribution is 2.19. The molecule has 3 aromatic rings. The van der Waals surface area contributed by atoms with Gasteiger partial charge in [-0.15, -0.1) is 0 Å². The highest BCUT2D eigenvalue weighted by atomic mass is 16.5. The molecular weight excluding hydrogens is 272 g/mol. The van der Waals surface area contributed by atoms with E-state index in [9.17, 15) is 0 Å². The minimum atomic E-state index is 0.746. The van der Waals surface area contributed by atoms with Crippen molar-refractivity contribution in [2.24, 2.45) is 0 Å². The van der Waals surface area contributed by atoms with Gasteiger partial charge in [0, 0.05) is 38.5 Å². The van der Waals surface area contributed by atoms with E-state index in [1.54, 1.807) is 7.11 Å². The second-order valence-corrected chi connectivity index (χ2v) is 5.49. The maximum atomic E-state index is 5.04. The van der Waals surface area contributed by atoms with E-state index >= 15 is 0 Å². The number of benzene rings is 2. The van der Waals surface area contributed by atoms with Gasteiger partial charge >= 0.3 is 0 Å². The van der Waals surface area contributed by atoms with E-state index in [0.717, 1.165) is 26.2 Å². The van der Waals surface area contributed by atoms with Crippen LogP contribution in [0.5, 0.6) is 0 Å². The third-order valence-electron chi connectivity index (χ3n) is 3.84. The van der Waals surface area contributed by atoms with Crippen LogP contribution in [0.15, 0.2) is 60.8 Å². The zero-order valence-electron chi connectivity index (χ0n) is 13.0. The van der Waals surface area contributed by atoms with Crippen molar-refractivity contribution in [1.82, 2.24) is 9.88 Å². The molecule has 22 heavy (non-hydrogen) atoms. The van der Waals surface area contributed by atoms with Crippen molar-refractivity contribution < 1.29 is 4.74 Å². The Bertz CT molecular complexity index is 719. The second kappa shape index (κ2) is 7.25. The van der Waals surface area contributed by atoms with E-state index in [0.29, 0.717) is 0 Å². The lowest BCUT2D eigenvalue weighted by Crippen LogP contribution is -2.18. The Morgan fingerprint density at radius 1 is 1.00 bits per heavy atom. The maximum absolute atomic E-state index is 5.04. The first kappa shape index (κ1) is 14.8. The summed E-state index contributed by atoms with van der Waals surface area (Å²) in [5, 5.41) is 4.68. The van der Waals surface area contributed by atoms with E-state index in [2.05, 4.69) is 70.7 Å². The van der Waals surface area contributed by atoms with E-state index in [-0.39, 0.29) is 0 Å². The quantitative estimate of drug-likeness (QED) is 0.676. The molecule has 114 valence electrons. The topological polar surface area (TPSA) is 26.2 Å². The fraction of sp³-hybridized carbons (Fsp3) is 0.263. The predicted octanol–water partition coefficient (Wildman–Crippen LogP) is 3.43. The average Bonchev–Trinajstić information content (AvgIpc) is 2.95. The van der Waals surface area contributed by atoms with Crippen molar-refractivity contribution in [3.05, 3.63) is 71.9 Å². The fourth-order valence-corrected chi connectivity index (χ4v) is 2.68. The molecule has 0 saturated carbocycles. The maximum Gasteiger partial charge on any atom is 0.0587 e. The summed E-state index contributed by atoms with van der Waals surface area (Å²) in [5.41, 5.74) is 3.91. The smallest absolute Gasteiger partial charge is 0.0587 e. The Hall–Kier alpha value is -2.10. The number of hydrogen-bond donors (Lipinski definition) is 1. The van der Waals surface area contributed by atoms with Crippen molar-refractivity contribution in [1.29, 1.82) is 0 Å². The van der Waals surface area contributed by atoms with Crippen LogP contribution in [0.4, 0.5) is 0 Å². The molecule has 0 radical (unpaired) electrons. The molecule has 0 aliphatic rings. The lowest BCUT2D eigenvalue weighted by molar-refractivity contribution is 0.199. The normalized spacial score (nSPS) is 11.1. The highest BCUT2D eigenvalue weighted by Gasteiger charge is 2.03. The molecule has 0 aliphatic heterocycles. The van der Waals surface area contributed by atoms with Crippen LogP contribution in [0.2, 0.25) is 0 Å². The summed E-state index contributed by atoms with van der Waals surface area (Å²) in [6.45, 7) is 3.41. The van der Waals surface area contributed by atoms with Gasteiger partial charge in [0.2, 0.25) is 0 Å². The summed E-state index contributed by atoms with van der Waals surface area (Å²) >= 11 is 0. The lowest BCUT2D eigenvalue weighted by Gasteiger charge is -2.07. The van der Waals surface area contributed by atoms with Crippen molar-refractivity contribution in [3.63, 3.8) is 0 Å². The minimum absolute atomic E-state index is 0.746. The zero-order chi connectivity index (χ0) is 15.2. The van der Waals surface area contributed by atoms with Crippen LogP contribution in [0, 0.1) is 0 Å². The van der Waals surface area contributed by atoms with Crippen molar-refractivity contribution in [2.75, 3.05) is 20.3 Å². The molecule has 3 rings (SSSR count). The van der Waals surface area contributed by atoms with Gasteiger partial charge in [0.15, 0.2) is 0 Å². The van der Waals surface area contributed by atoms with Gasteiger partial charge in [-0.2, -0.15) is 0 Å². The Labute approximate surface area is 131 Å². The van der Waals surface area contributed by atoms with Gasteiger partial charge < -0.3 is 14.6 Å². The molecule has 1 heterocycles. The summed E-state index contributed by atoms with van der Waals surface area (Å²) in [6, 6.07) is 19.4. The van der Waals surface area contributed by atoms with Gasteiger partial charge in [0.1, 0.15) is 0 Å². The largest absolute Gasteiger partial charge is 0.383 e. The number of aromatic nitrogens is 1. The third-order valence-corrected chi connectivity index (χ3v) is 3.84. The Morgan fingerprint density at radius 3 is 2.68 bits per heavy atom. The monoisotopic (exact) mass is 294 g/mol. The summed E-state index contributed by atoms with van der Waals surface area (Å²) < 4.78 is 7.34. The van der Waals surface area contributed by atoms with E-state index in [1.807, 2.05) is 0 Å². The van der Waals surface area contributed by atoms with Crippen molar-refractivity contribution >= 4 is 10.9 Å². The standard InChI is InChI=1S/C19H22N2O/c1-22-12-10-20-14-17-7-8-19-18(13-17)9-11-21(19)15-16-5-3-2-4-6-16/h2-9,11,13,20H,10,12,14-15H2,1H3. The van der Waals surface area contributed by atoms with Gasteiger partial charge in [0.05, 0.1) is 6.61 Å². The Morgan fingerprint density at radius 2 is 1.86 bits per heavy atom. The molecule has 0 spiro atoms. The summed E-state index contributed by atoms with van der Waals surface area (Å²) in [5.74, 6) is 0. The Balaban J connectivity index is 1.72. The van der Waals surface area contributed by atoms with Crippen LogP contribution in [0.25, 0.3) is 10.9 Å². The summed E-state index contributed by atoms with van der Waals surface area (Å²) in [6.07, 6.45) is 2.17. The highest BCUT2D eigenvalue weighted by molar-refractivity contribution is 5.81. The molecule has 0 fully saturated rings. The van der Waals surface area contributed by atoms with E-state index in [1.165, 1.54) is 22.0 Å². The van der Waals surface area contributed by atoms with Crippen molar-refractivity contribution in [2.45, 2.75) is 13.1 Å². The average molecular weight is 294 g/mol. The van der Waals surface area contributed by atoms with Crippen LogP contribution < -0.4 is 5.32 Å². The first-order valence-corrected chi connectivity index (χ1v) is 7.68. The van der Waals surface area contributed by atoms with Crippen LogP contribution in [0.1, 0.15) is 11.1 Å². The molecule has 0 unspecified atom stereocenters. The molecule has 2 aromatic carbocycles.